The zero-order chi connectivity index (χ0) is 13.4. The van der Waals surface area contributed by atoms with Crippen molar-refractivity contribution in [2.45, 2.75) is 18.9 Å². The molecule has 2 unspecified atom stereocenters. The molecule has 6 heteroatoms. The third-order valence-electron chi connectivity index (χ3n) is 3.12. The lowest BCUT2D eigenvalue weighted by Gasteiger charge is -2.32. The molecule has 1 rings (SSSR count). The van der Waals surface area contributed by atoms with Crippen molar-refractivity contribution in [3.05, 3.63) is 0 Å². The fraction of sp³-hybridized carbons (Fsp3) is 0.917. The van der Waals surface area contributed by atoms with Gasteiger partial charge in [0, 0.05) is 20.2 Å². The molecule has 3 N–H and O–H groups in total. The molecule has 0 aromatic carbocycles. The van der Waals surface area contributed by atoms with Crippen LogP contribution in [0.4, 0.5) is 0 Å². The number of aliphatic hydroxyl groups excluding tert-OH is 1. The Morgan fingerprint density at radius 3 is 3.00 bits per heavy atom. The van der Waals surface area contributed by atoms with E-state index in [0.29, 0.717) is 32.9 Å². The molecule has 1 amide bonds. The maximum Gasteiger partial charge on any atom is 0.221 e. The number of nitrogens with two attached hydrogens (primary N) is 1. The van der Waals surface area contributed by atoms with Crippen LogP contribution in [0.5, 0.6) is 0 Å². The minimum atomic E-state index is -0.534. The number of β-amino-alcohol motifs (C(OH)–C–C–N with tert-alkyl or cyclic N) is 1. The van der Waals surface area contributed by atoms with Crippen molar-refractivity contribution in [1.29, 1.82) is 0 Å². The van der Waals surface area contributed by atoms with Gasteiger partial charge in [0.25, 0.3) is 0 Å². The number of carbonyl (C=O) groups is 1. The fourth-order valence-corrected chi connectivity index (χ4v) is 2.17. The highest BCUT2D eigenvalue weighted by molar-refractivity contribution is 5.76. The van der Waals surface area contributed by atoms with Crippen LogP contribution in [0.25, 0.3) is 0 Å². The number of carbonyl (C=O) groups excluding carboxylic acids is 1. The van der Waals surface area contributed by atoms with Crippen LogP contribution in [0.3, 0.4) is 0 Å². The van der Waals surface area contributed by atoms with Crippen molar-refractivity contribution in [1.82, 2.24) is 4.90 Å². The summed E-state index contributed by atoms with van der Waals surface area (Å²) in [4.78, 5) is 13.2. The molecular weight excluding hydrogens is 236 g/mol. The van der Waals surface area contributed by atoms with Crippen LogP contribution in [0.2, 0.25) is 0 Å². The first kappa shape index (κ1) is 15.4. The Hall–Kier alpha value is -0.690. The summed E-state index contributed by atoms with van der Waals surface area (Å²) in [5.74, 6) is -0.328. The normalized spacial score (nSPS) is 22.9. The van der Waals surface area contributed by atoms with Gasteiger partial charge in [0.15, 0.2) is 0 Å². The number of nitrogens with zero attached hydrogens (tertiary/aromatic N) is 1. The molecule has 1 saturated heterocycles. The molecular formula is C12H24N2O4. The average Bonchev–Trinajstić information content (AvgIpc) is 2.35. The van der Waals surface area contributed by atoms with Gasteiger partial charge in [-0.25, -0.2) is 0 Å². The quantitative estimate of drug-likeness (QED) is 0.559. The predicted molar refractivity (Wildman–Crippen MR) is 67.1 cm³/mol. The summed E-state index contributed by atoms with van der Waals surface area (Å²) in [7, 11) is 1.61. The van der Waals surface area contributed by atoms with Gasteiger partial charge in [0.05, 0.1) is 31.8 Å². The van der Waals surface area contributed by atoms with Gasteiger partial charge < -0.3 is 20.3 Å². The summed E-state index contributed by atoms with van der Waals surface area (Å²) < 4.78 is 10.1. The Kier molecular flexibility index (Phi) is 7.19. The zero-order valence-electron chi connectivity index (χ0n) is 11.0. The van der Waals surface area contributed by atoms with Gasteiger partial charge >= 0.3 is 0 Å². The minimum absolute atomic E-state index is 0.0830. The number of amides is 1. The first-order valence-corrected chi connectivity index (χ1v) is 6.40. The Labute approximate surface area is 108 Å². The number of piperidine rings is 1. The molecule has 1 aliphatic rings. The molecule has 6 nitrogen and oxygen atoms in total. The van der Waals surface area contributed by atoms with Crippen molar-refractivity contribution in [3.63, 3.8) is 0 Å². The smallest absolute Gasteiger partial charge is 0.221 e. The monoisotopic (exact) mass is 260 g/mol. The second-order valence-corrected chi connectivity index (χ2v) is 4.72. The molecule has 0 bridgehead atoms. The van der Waals surface area contributed by atoms with Gasteiger partial charge in [0.1, 0.15) is 0 Å². The van der Waals surface area contributed by atoms with E-state index in [0.717, 1.165) is 19.4 Å². The highest BCUT2D eigenvalue weighted by atomic mass is 16.5. The number of rotatable bonds is 8. The second kappa shape index (κ2) is 8.42. The zero-order valence-corrected chi connectivity index (χ0v) is 11.0. The maximum atomic E-state index is 11.1. The Morgan fingerprint density at radius 2 is 2.33 bits per heavy atom. The van der Waals surface area contributed by atoms with Crippen LogP contribution in [0.15, 0.2) is 0 Å². The van der Waals surface area contributed by atoms with E-state index >= 15 is 0 Å². The summed E-state index contributed by atoms with van der Waals surface area (Å²) in [5, 5.41) is 9.80. The van der Waals surface area contributed by atoms with E-state index in [1.165, 1.54) is 0 Å². The van der Waals surface area contributed by atoms with Crippen molar-refractivity contribution in [3.8, 4) is 0 Å². The van der Waals surface area contributed by atoms with Gasteiger partial charge in [0.2, 0.25) is 5.91 Å². The molecule has 0 saturated carbocycles. The molecule has 18 heavy (non-hydrogen) atoms. The van der Waals surface area contributed by atoms with Crippen LogP contribution in [0.1, 0.15) is 12.8 Å². The summed E-state index contributed by atoms with van der Waals surface area (Å²) in [6.45, 7) is 3.37. The van der Waals surface area contributed by atoms with Crippen LogP contribution >= 0.6 is 0 Å². The van der Waals surface area contributed by atoms with Gasteiger partial charge in [-0.05, 0) is 19.4 Å². The second-order valence-electron chi connectivity index (χ2n) is 4.72. The molecule has 0 aromatic heterocycles. The third-order valence-corrected chi connectivity index (χ3v) is 3.12. The number of hydrogen-bond donors (Lipinski definition) is 2. The number of primary amides is 1. The van der Waals surface area contributed by atoms with E-state index in [1.807, 2.05) is 0 Å². The van der Waals surface area contributed by atoms with Gasteiger partial charge in [-0.15, -0.1) is 0 Å². The van der Waals surface area contributed by atoms with Crippen molar-refractivity contribution >= 4 is 5.91 Å². The molecule has 1 fully saturated rings. The van der Waals surface area contributed by atoms with E-state index in [2.05, 4.69) is 4.90 Å². The first-order valence-electron chi connectivity index (χ1n) is 6.40. The molecule has 1 heterocycles. The molecule has 2 atom stereocenters. The molecule has 0 spiro atoms. The third kappa shape index (κ3) is 5.77. The van der Waals surface area contributed by atoms with E-state index in [1.54, 1.807) is 7.11 Å². The number of ether oxygens (including phenoxy) is 2. The van der Waals surface area contributed by atoms with Crippen LogP contribution < -0.4 is 5.73 Å². The van der Waals surface area contributed by atoms with Gasteiger partial charge in [-0.1, -0.05) is 0 Å². The number of methoxy groups -OCH3 is 1. The molecule has 0 aromatic rings. The summed E-state index contributed by atoms with van der Waals surface area (Å²) in [5.41, 5.74) is 5.31. The summed E-state index contributed by atoms with van der Waals surface area (Å²) in [6.07, 6.45) is 1.27. The highest BCUT2D eigenvalue weighted by Crippen LogP contribution is 2.16. The van der Waals surface area contributed by atoms with Crippen LogP contribution in [-0.2, 0) is 14.3 Å². The Balaban J connectivity index is 2.18. The van der Waals surface area contributed by atoms with Crippen LogP contribution in [0, 0.1) is 5.92 Å². The van der Waals surface area contributed by atoms with Crippen LogP contribution in [-0.4, -0.2) is 68.6 Å². The lowest BCUT2D eigenvalue weighted by molar-refractivity contribution is -0.123. The first-order chi connectivity index (χ1) is 8.63. The predicted octanol–water partition coefficient (Wildman–Crippen LogP) is -0.792. The van der Waals surface area contributed by atoms with E-state index in [4.69, 9.17) is 15.2 Å². The molecule has 0 aliphatic carbocycles. The standard InChI is InChI=1S/C12H24N2O4/c1-17-5-6-18-9-11(15)8-14-4-2-3-10(7-14)12(13)16/h10-11,15H,2-9H2,1H3,(H2,13,16). The van der Waals surface area contributed by atoms with Gasteiger partial charge in [-0.2, -0.15) is 0 Å². The summed E-state index contributed by atoms with van der Waals surface area (Å²) >= 11 is 0. The minimum Gasteiger partial charge on any atom is -0.389 e. The van der Waals surface area contributed by atoms with E-state index < -0.39 is 6.10 Å². The van der Waals surface area contributed by atoms with E-state index in [9.17, 15) is 9.90 Å². The fourth-order valence-electron chi connectivity index (χ4n) is 2.17. The number of likely N-dealkylation sites (tertiary alicyclic amines) is 1. The molecule has 1 aliphatic heterocycles. The SMILES string of the molecule is COCCOCC(O)CN1CCCC(C(N)=O)C1. The van der Waals surface area contributed by atoms with Gasteiger partial charge in [-0.3, -0.25) is 9.69 Å². The lowest BCUT2D eigenvalue weighted by Crippen LogP contribution is -2.44. The van der Waals surface area contributed by atoms with E-state index in [-0.39, 0.29) is 11.8 Å². The Bertz CT molecular complexity index is 250. The molecule has 106 valence electrons. The number of hydrogen-bond acceptors (Lipinski definition) is 5. The van der Waals surface area contributed by atoms with Crippen molar-refractivity contribution < 1.29 is 19.4 Å². The maximum absolute atomic E-state index is 11.1. The Morgan fingerprint density at radius 1 is 1.56 bits per heavy atom. The number of aliphatic hydroxyl groups is 1. The van der Waals surface area contributed by atoms with Crippen molar-refractivity contribution in [2.75, 3.05) is 46.6 Å². The summed E-state index contributed by atoms with van der Waals surface area (Å²) in [6, 6.07) is 0. The largest absolute Gasteiger partial charge is 0.389 e. The highest BCUT2D eigenvalue weighted by Gasteiger charge is 2.25. The molecule has 0 radical (unpaired) electrons. The topological polar surface area (TPSA) is 85.0 Å². The average molecular weight is 260 g/mol. The lowest BCUT2D eigenvalue weighted by atomic mass is 9.97. The van der Waals surface area contributed by atoms with Crippen molar-refractivity contribution in [2.24, 2.45) is 11.7 Å².